The molecule has 4 heteroatoms. The highest BCUT2D eigenvalue weighted by Gasteiger charge is 2.46. The number of hydrogen-bond donors (Lipinski definition) is 1. The maximum absolute atomic E-state index is 10.3. The van der Waals surface area contributed by atoms with Crippen molar-refractivity contribution < 1.29 is 14.6 Å². The number of carboxylic acid groups (broad SMARTS) is 1. The summed E-state index contributed by atoms with van der Waals surface area (Å²) in [7, 11) is 0. The summed E-state index contributed by atoms with van der Waals surface area (Å²) in [6.07, 6.45) is 2.60. The highest BCUT2D eigenvalue weighted by atomic mass is 16.5. The maximum atomic E-state index is 10.3. The molecule has 0 aromatic rings. The van der Waals surface area contributed by atoms with Gasteiger partial charge in [-0.05, 0) is 19.8 Å². The van der Waals surface area contributed by atoms with Gasteiger partial charge in [-0.25, -0.2) is 4.79 Å². The van der Waals surface area contributed by atoms with Crippen LogP contribution in [0.25, 0.3) is 0 Å². The van der Waals surface area contributed by atoms with Gasteiger partial charge in [-0.2, -0.15) is 0 Å². The second kappa shape index (κ2) is 2.96. The normalized spacial score (nSPS) is 26.8. The van der Waals surface area contributed by atoms with Crippen LogP contribution >= 0.6 is 0 Å². The number of rotatable bonds is 4. The molecule has 2 aliphatic rings. The third-order valence-corrected chi connectivity index (χ3v) is 2.68. The van der Waals surface area contributed by atoms with Crippen LogP contribution in [-0.4, -0.2) is 47.3 Å². The van der Waals surface area contributed by atoms with Crippen LogP contribution in [0, 0.1) is 0 Å². The molecule has 4 nitrogen and oxygen atoms in total. The van der Waals surface area contributed by atoms with Crippen LogP contribution in [0.1, 0.15) is 19.8 Å². The van der Waals surface area contributed by atoms with Crippen molar-refractivity contribution in [1.29, 1.82) is 0 Å². The third-order valence-electron chi connectivity index (χ3n) is 2.68. The molecule has 2 rings (SSSR count). The molecule has 1 N–H and O–H groups in total. The van der Waals surface area contributed by atoms with Crippen LogP contribution in [-0.2, 0) is 9.53 Å². The molecule has 0 radical (unpaired) electrons. The van der Waals surface area contributed by atoms with E-state index < -0.39 is 5.97 Å². The molecule has 0 spiro atoms. The molecule has 0 amide bonds. The van der Waals surface area contributed by atoms with E-state index in [0.717, 1.165) is 19.1 Å². The van der Waals surface area contributed by atoms with Gasteiger partial charge in [0.1, 0.15) is 6.61 Å². The minimum atomic E-state index is -0.883. The number of nitrogens with zero attached hydrogens (tertiary/aromatic N) is 1. The summed E-state index contributed by atoms with van der Waals surface area (Å²) >= 11 is 0. The highest BCUT2D eigenvalue weighted by Crippen LogP contribution is 2.36. The van der Waals surface area contributed by atoms with Gasteiger partial charge >= 0.3 is 5.97 Å². The van der Waals surface area contributed by atoms with E-state index in [9.17, 15) is 4.79 Å². The largest absolute Gasteiger partial charge is 0.480 e. The quantitative estimate of drug-likeness (QED) is 0.685. The van der Waals surface area contributed by atoms with Crippen LogP contribution in [0.2, 0.25) is 0 Å². The summed E-state index contributed by atoms with van der Waals surface area (Å²) in [5.41, 5.74) is -0.207. The Morgan fingerprint density at radius 3 is 2.69 bits per heavy atom. The average Bonchev–Trinajstić information content (AvgIpc) is 2.78. The fourth-order valence-corrected chi connectivity index (χ4v) is 1.84. The fourth-order valence-electron chi connectivity index (χ4n) is 1.84. The molecular weight excluding hydrogens is 170 g/mol. The summed E-state index contributed by atoms with van der Waals surface area (Å²) in [4.78, 5) is 12.6. The summed E-state index contributed by atoms with van der Waals surface area (Å²) in [5.74, 6) is -0.883. The van der Waals surface area contributed by atoms with E-state index in [-0.39, 0.29) is 12.2 Å². The first-order valence-electron chi connectivity index (χ1n) is 4.69. The van der Waals surface area contributed by atoms with Crippen molar-refractivity contribution in [2.75, 3.05) is 19.7 Å². The lowest BCUT2D eigenvalue weighted by Crippen LogP contribution is -2.62. The maximum Gasteiger partial charge on any atom is 0.329 e. The first kappa shape index (κ1) is 8.97. The number of likely N-dealkylation sites (tertiary alicyclic amines) is 1. The van der Waals surface area contributed by atoms with E-state index in [1.165, 1.54) is 12.8 Å². The predicted octanol–water partition coefficient (Wildman–Crippen LogP) is 0.324. The van der Waals surface area contributed by atoms with Crippen molar-refractivity contribution in [3.63, 3.8) is 0 Å². The Bertz CT molecular complexity index is 219. The zero-order chi connectivity index (χ0) is 9.47. The smallest absolute Gasteiger partial charge is 0.329 e. The monoisotopic (exact) mass is 185 g/mol. The zero-order valence-corrected chi connectivity index (χ0v) is 7.82. The molecule has 13 heavy (non-hydrogen) atoms. The van der Waals surface area contributed by atoms with Crippen molar-refractivity contribution >= 4 is 5.97 Å². The molecule has 1 aliphatic carbocycles. The minimum absolute atomic E-state index is 0.172. The SMILES string of the molecule is CC1(OCC(=O)O)CN(C2CC2)C1. The lowest BCUT2D eigenvalue weighted by Gasteiger charge is -2.47. The molecule has 1 heterocycles. The van der Waals surface area contributed by atoms with Crippen LogP contribution in [0.4, 0.5) is 0 Å². The lowest BCUT2D eigenvalue weighted by atomic mass is 9.96. The van der Waals surface area contributed by atoms with E-state index >= 15 is 0 Å². The minimum Gasteiger partial charge on any atom is -0.480 e. The second-order valence-electron chi connectivity index (χ2n) is 4.27. The molecule has 1 saturated carbocycles. The average molecular weight is 185 g/mol. The molecule has 0 aromatic carbocycles. The predicted molar refractivity (Wildman–Crippen MR) is 46.6 cm³/mol. The molecule has 0 aromatic heterocycles. The van der Waals surface area contributed by atoms with Gasteiger partial charge in [-0.15, -0.1) is 0 Å². The van der Waals surface area contributed by atoms with Gasteiger partial charge in [0.2, 0.25) is 0 Å². The van der Waals surface area contributed by atoms with Crippen LogP contribution in [0.5, 0.6) is 0 Å². The van der Waals surface area contributed by atoms with E-state index in [1.54, 1.807) is 0 Å². The molecular formula is C9H15NO3. The van der Waals surface area contributed by atoms with Gasteiger partial charge in [0, 0.05) is 19.1 Å². The number of carboxylic acids is 1. The first-order chi connectivity index (χ1) is 6.09. The Balaban J connectivity index is 1.71. The fraction of sp³-hybridized carbons (Fsp3) is 0.889. The molecule has 1 saturated heterocycles. The molecule has 1 aliphatic heterocycles. The summed E-state index contributed by atoms with van der Waals surface area (Å²) in [6.45, 7) is 3.60. The molecule has 2 fully saturated rings. The number of hydrogen-bond acceptors (Lipinski definition) is 3. The van der Waals surface area contributed by atoms with Gasteiger partial charge in [-0.1, -0.05) is 0 Å². The Hall–Kier alpha value is -0.610. The van der Waals surface area contributed by atoms with E-state index in [0.29, 0.717) is 0 Å². The topological polar surface area (TPSA) is 49.8 Å². The van der Waals surface area contributed by atoms with Crippen molar-refractivity contribution in [2.45, 2.75) is 31.4 Å². The third kappa shape index (κ3) is 2.00. The molecule has 74 valence electrons. The molecule has 0 atom stereocenters. The number of ether oxygens (including phenoxy) is 1. The second-order valence-corrected chi connectivity index (χ2v) is 4.27. The Morgan fingerprint density at radius 1 is 1.62 bits per heavy atom. The van der Waals surface area contributed by atoms with Crippen LogP contribution in [0.3, 0.4) is 0 Å². The summed E-state index contributed by atoms with van der Waals surface area (Å²) in [5, 5.41) is 8.45. The standard InChI is InChI=1S/C9H15NO3/c1-9(13-4-8(11)12)5-10(6-9)7-2-3-7/h7H,2-6H2,1H3,(H,11,12). The van der Waals surface area contributed by atoms with E-state index in [2.05, 4.69) is 4.90 Å². The zero-order valence-electron chi connectivity index (χ0n) is 7.82. The van der Waals surface area contributed by atoms with Gasteiger partial charge in [-0.3, -0.25) is 4.90 Å². The summed E-state index contributed by atoms with van der Waals surface area (Å²) < 4.78 is 5.29. The Labute approximate surface area is 77.5 Å². The number of carbonyl (C=O) groups is 1. The Kier molecular flexibility index (Phi) is 2.04. The van der Waals surface area contributed by atoms with Gasteiger partial charge in [0.05, 0.1) is 5.60 Å². The van der Waals surface area contributed by atoms with E-state index in [1.807, 2.05) is 6.92 Å². The van der Waals surface area contributed by atoms with Crippen molar-refractivity contribution in [2.24, 2.45) is 0 Å². The lowest BCUT2D eigenvalue weighted by molar-refractivity contribution is -0.165. The first-order valence-corrected chi connectivity index (χ1v) is 4.69. The van der Waals surface area contributed by atoms with Crippen LogP contribution in [0.15, 0.2) is 0 Å². The Morgan fingerprint density at radius 2 is 2.23 bits per heavy atom. The highest BCUT2D eigenvalue weighted by molar-refractivity contribution is 5.68. The number of aliphatic carboxylic acids is 1. The van der Waals surface area contributed by atoms with Crippen molar-refractivity contribution in [3.05, 3.63) is 0 Å². The van der Waals surface area contributed by atoms with Gasteiger partial charge < -0.3 is 9.84 Å². The van der Waals surface area contributed by atoms with Crippen LogP contribution < -0.4 is 0 Å². The van der Waals surface area contributed by atoms with E-state index in [4.69, 9.17) is 9.84 Å². The van der Waals surface area contributed by atoms with Gasteiger partial charge in [0.15, 0.2) is 0 Å². The molecule has 0 bridgehead atoms. The van der Waals surface area contributed by atoms with Crippen molar-refractivity contribution in [3.8, 4) is 0 Å². The van der Waals surface area contributed by atoms with Gasteiger partial charge in [0.25, 0.3) is 0 Å². The summed E-state index contributed by atoms with van der Waals surface area (Å²) in [6, 6.07) is 0.765. The van der Waals surface area contributed by atoms with Crippen molar-refractivity contribution in [1.82, 2.24) is 4.90 Å². The molecule has 0 unspecified atom stereocenters.